The molecule has 1 unspecified atom stereocenters. The van der Waals surface area contributed by atoms with Crippen LogP contribution in [-0.2, 0) is 11.3 Å². The van der Waals surface area contributed by atoms with E-state index in [-0.39, 0.29) is 0 Å². The van der Waals surface area contributed by atoms with Gasteiger partial charge >= 0.3 is 0 Å². The number of hydrogen-bond donors (Lipinski definition) is 1. The summed E-state index contributed by atoms with van der Waals surface area (Å²) in [5.41, 5.74) is 2.22. The van der Waals surface area contributed by atoms with E-state index < -0.39 is 0 Å². The summed E-state index contributed by atoms with van der Waals surface area (Å²) in [5, 5.41) is 6.60. The second kappa shape index (κ2) is 8.26. The van der Waals surface area contributed by atoms with Gasteiger partial charge in [0.15, 0.2) is 5.96 Å². The molecule has 1 N–H and O–H groups in total. The Morgan fingerprint density at radius 3 is 3.00 bits per heavy atom. The highest BCUT2D eigenvalue weighted by atomic mass is 32.1. The topological polar surface area (TPSA) is 49.8 Å². The lowest BCUT2D eigenvalue weighted by atomic mass is 10.1. The number of nitrogens with one attached hydrogen (secondary N) is 1. The average Bonchev–Trinajstić information content (AvgIpc) is 3.27. The minimum Gasteiger partial charge on any atom is -0.384 e. The van der Waals surface area contributed by atoms with Crippen LogP contribution < -0.4 is 5.32 Å². The fourth-order valence-electron chi connectivity index (χ4n) is 3.00. The maximum Gasteiger partial charge on any atom is 0.193 e. The van der Waals surface area contributed by atoms with Crippen molar-refractivity contribution in [3.63, 3.8) is 0 Å². The van der Waals surface area contributed by atoms with E-state index in [0.29, 0.717) is 12.5 Å². The van der Waals surface area contributed by atoms with Gasteiger partial charge < -0.3 is 15.0 Å². The fourth-order valence-corrected chi connectivity index (χ4v) is 3.83. The van der Waals surface area contributed by atoms with Gasteiger partial charge in [-0.05, 0) is 6.42 Å². The van der Waals surface area contributed by atoms with Gasteiger partial charge in [0.05, 0.1) is 18.8 Å². The van der Waals surface area contributed by atoms with Crippen molar-refractivity contribution in [3.8, 4) is 10.6 Å². The Balaban J connectivity index is 1.56. The third-order valence-corrected chi connectivity index (χ3v) is 5.14. The first kappa shape index (κ1) is 16.9. The van der Waals surface area contributed by atoms with Gasteiger partial charge in [-0.2, -0.15) is 0 Å². The van der Waals surface area contributed by atoms with E-state index in [2.05, 4.69) is 32.7 Å². The summed E-state index contributed by atoms with van der Waals surface area (Å²) in [6, 6.07) is 10.3. The Morgan fingerprint density at radius 2 is 2.25 bits per heavy atom. The first-order valence-corrected chi connectivity index (χ1v) is 9.12. The van der Waals surface area contributed by atoms with Crippen LogP contribution in [0.25, 0.3) is 10.6 Å². The van der Waals surface area contributed by atoms with E-state index in [1.807, 2.05) is 25.2 Å². The van der Waals surface area contributed by atoms with Gasteiger partial charge in [0, 0.05) is 44.1 Å². The Labute approximate surface area is 147 Å². The van der Waals surface area contributed by atoms with E-state index in [0.717, 1.165) is 42.8 Å². The number of thiazole rings is 1. The molecule has 2 aromatic rings. The fraction of sp³-hybridized carbons (Fsp3) is 0.444. The lowest BCUT2D eigenvalue weighted by Gasteiger charge is -2.21. The van der Waals surface area contributed by atoms with Crippen molar-refractivity contribution in [1.82, 2.24) is 15.2 Å². The zero-order chi connectivity index (χ0) is 16.8. The van der Waals surface area contributed by atoms with Gasteiger partial charge in [-0.3, -0.25) is 4.99 Å². The number of aromatic nitrogens is 1. The minimum absolute atomic E-state index is 0.595. The summed E-state index contributed by atoms with van der Waals surface area (Å²) in [4.78, 5) is 11.4. The molecule has 5 nitrogen and oxygen atoms in total. The van der Waals surface area contributed by atoms with Crippen molar-refractivity contribution >= 4 is 17.3 Å². The summed E-state index contributed by atoms with van der Waals surface area (Å²) in [5.74, 6) is 1.54. The molecule has 128 valence electrons. The second-order valence-corrected chi connectivity index (χ2v) is 6.82. The first-order chi connectivity index (χ1) is 11.8. The first-order valence-electron chi connectivity index (χ1n) is 8.24. The van der Waals surface area contributed by atoms with E-state index in [4.69, 9.17) is 9.72 Å². The van der Waals surface area contributed by atoms with Gasteiger partial charge in [-0.15, -0.1) is 11.3 Å². The maximum absolute atomic E-state index is 5.27. The van der Waals surface area contributed by atoms with Crippen molar-refractivity contribution in [2.24, 2.45) is 10.9 Å². The third-order valence-electron chi connectivity index (χ3n) is 4.20. The molecule has 1 aliphatic heterocycles. The van der Waals surface area contributed by atoms with Crippen molar-refractivity contribution in [3.05, 3.63) is 41.4 Å². The molecule has 0 saturated carbocycles. The van der Waals surface area contributed by atoms with Crippen LogP contribution in [0.1, 0.15) is 12.1 Å². The van der Waals surface area contributed by atoms with E-state index >= 15 is 0 Å². The molecule has 0 bridgehead atoms. The van der Waals surface area contributed by atoms with Crippen molar-refractivity contribution in [2.45, 2.75) is 13.0 Å². The Morgan fingerprint density at radius 1 is 1.42 bits per heavy atom. The average molecular weight is 344 g/mol. The third kappa shape index (κ3) is 4.13. The van der Waals surface area contributed by atoms with E-state index in [9.17, 15) is 0 Å². The molecule has 1 fully saturated rings. The molecule has 1 aromatic heterocycles. The summed E-state index contributed by atoms with van der Waals surface area (Å²) in [6.07, 6.45) is 1.16. The predicted octanol–water partition coefficient (Wildman–Crippen LogP) is 2.85. The molecule has 6 heteroatoms. The Kier molecular flexibility index (Phi) is 5.82. The molecule has 3 rings (SSSR count). The number of ether oxygens (including phenoxy) is 1. The quantitative estimate of drug-likeness (QED) is 0.669. The molecule has 24 heavy (non-hydrogen) atoms. The number of rotatable bonds is 5. The number of benzene rings is 1. The largest absolute Gasteiger partial charge is 0.384 e. The van der Waals surface area contributed by atoms with Crippen LogP contribution in [0.2, 0.25) is 0 Å². The molecule has 0 spiro atoms. The number of methoxy groups -OCH3 is 1. The van der Waals surface area contributed by atoms with Crippen molar-refractivity contribution in [2.75, 3.05) is 33.9 Å². The van der Waals surface area contributed by atoms with Crippen molar-refractivity contribution < 1.29 is 4.74 Å². The van der Waals surface area contributed by atoms with Gasteiger partial charge in [0.1, 0.15) is 5.01 Å². The molecule has 1 aromatic carbocycles. The summed E-state index contributed by atoms with van der Waals surface area (Å²) < 4.78 is 5.27. The number of likely N-dealkylation sites (tertiary alicyclic amines) is 1. The monoisotopic (exact) mass is 344 g/mol. The molecule has 1 atom stereocenters. The highest BCUT2D eigenvalue weighted by Gasteiger charge is 2.24. The summed E-state index contributed by atoms with van der Waals surface area (Å²) >= 11 is 1.68. The van der Waals surface area contributed by atoms with Crippen molar-refractivity contribution in [1.29, 1.82) is 0 Å². The SMILES string of the molecule is CN=C(NCc1csc(-c2ccccc2)n1)N1CCC(COC)C1. The maximum atomic E-state index is 5.27. The molecular weight excluding hydrogens is 320 g/mol. The lowest BCUT2D eigenvalue weighted by Crippen LogP contribution is -2.39. The van der Waals surface area contributed by atoms with Crippen LogP contribution in [0.5, 0.6) is 0 Å². The van der Waals surface area contributed by atoms with Gasteiger partial charge in [-0.1, -0.05) is 30.3 Å². The number of guanidine groups is 1. The normalized spacial score (nSPS) is 18.2. The molecule has 0 amide bonds. The standard InChI is InChI=1S/C18H24N4OS/c1-19-18(22-9-8-14(11-22)12-23-2)20-10-16-13-24-17(21-16)15-6-4-3-5-7-15/h3-7,13-14H,8-12H2,1-2H3,(H,19,20). The van der Waals surface area contributed by atoms with Crippen LogP contribution in [0.15, 0.2) is 40.7 Å². The zero-order valence-corrected chi connectivity index (χ0v) is 15.1. The smallest absolute Gasteiger partial charge is 0.193 e. The molecule has 2 heterocycles. The van der Waals surface area contributed by atoms with Crippen LogP contribution >= 0.6 is 11.3 Å². The molecular formula is C18H24N4OS. The highest BCUT2D eigenvalue weighted by molar-refractivity contribution is 7.13. The number of nitrogens with zero attached hydrogens (tertiary/aromatic N) is 3. The number of aliphatic imine (C=N–C) groups is 1. The molecule has 1 saturated heterocycles. The lowest BCUT2D eigenvalue weighted by molar-refractivity contribution is 0.157. The van der Waals surface area contributed by atoms with E-state index in [1.165, 1.54) is 5.56 Å². The molecule has 1 aliphatic rings. The highest BCUT2D eigenvalue weighted by Crippen LogP contribution is 2.23. The second-order valence-electron chi connectivity index (χ2n) is 5.97. The minimum atomic E-state index is 0.595. The Bertz CT molecular complexity index is 671. The van der Waals surface area contributed by atoms with Crippen LogP contribution in [0.4, 0.5) is 0 Å². The Hall–Kier alpha value is -1.92. The zero-order valence-electron chi connectivity index (χ0n) is 14.2. The van der Waals surface area contributed by atoms with Crippen LogP contribution in [0.3, 0.4) is 0 Å². The summed E-state index contributed by atoms with van der Waals surface area (Å²) in [6.45, 7) is 3.54. The van der Waals surface area contributed by atoms with E-state index in [1.54, 1.807) is 18.4 Å². The predicted molar refractivity (Wildman–Crippen MR) is 99.3 cm³/mol. The van der Waals surface area contributed by atoms with Crippen LogP contribution in [-0.4, -0.2) is 49.7 Å². The molecule has 0 radical (unpaired) electrons. The molecule has 0 aliphatic carbocycles. The van der Waals surface area contributed by atoms with Gasteiger partial charge in [-0.25, -0.2) is 4.98 Å². The summed E-state index contributed by atoms with van der Waals surface area (Å²) in [7, 11) is 3.60. The van der Waals surface area contributed by atoms with Gasteiger partial charge in [0.2, 0.25) is 0 Å². The van der Waals surface area contributed by atoms with Crippen LogP contribution in [0, 0.1) is 5.92 Å². The van der Waals surface area contributed by atoms with Gasteiger partial charge in [0.25, 0.3) is 0 Å². The number of hydrogen-bond acceptors (Lipinski definition) is 4.